The van der Waals surface area contributed by atoms with Crippen LogP contribution in [0.25, 0.3) is 0 Å². The van der Waals surface area contributed by atoms with Gasteiger partial charge in [-0.1, -0.05) is 54.1 Å². The first-order valence-corrected chi connectivity index (χ1v) is 11.5. The summed E-state index contributed by atoms with van der Waals surface area (Å²) in [6.45, 7) is 8.39. The summed E-state index contributed by atoms with van der Waals surface area (Å²) >= 11 is 0. The Morgan fingerprint density at radius 1 is 1.03 bits per heavy atom. The van der Waals surface area contributed by atoms with Gasteiger partial charge in [-0.05, 0) is 57.5 Å². The molecule has 2 aromatic carbocycles. The van der Waals surface area contributed by atoms with Gasteiger partial charge in [0.2, 0.25) is 0 Å². The van der Waals surface area contributed by atoms with E-state index in [0.29, 0.717) is 12.5 Å². The standard InChI is InChI=1S/C26H38N4O.HI/c1-5-27-26(28-17-21-10-12-22(13-11-21)19-30(3)4)29-18-24-7-6-16-31-25(24)23-14-8-20(2)9-15-23;/h8-15,24-25H,5-7,16-19H2,1-4H3,(H2,27,28,29);1H. The van der Waals surface area contributed by atoms with Crippen molar-refractivity contribution in [3.63, 3.8) is 0 Å². The molecule has 6 heteroatoms. The topological polar surface area (TPSA) is 48.9 Å². The molecule has 176 valence electrons. The number of aliphatic imine (C=N–C) groups is 1. The summed E-state index contributed by atoms with van der Waals surface area (Å²) in [5.74, 6) is 1.30. The van der Waals surface area contributed by atoms with Crippen LogP contribution in [0.3, 0.4) is 0 Å². The molecule has 2 aromatic rings. The number of rotatable bonds is 8. The lowest BCUT2D eigenvalue weighted by Gasteiger charge is -2.32. The number of nitrogens with zero attached hydrogens (tertiary/aromatic N) is 2. The maximum absolute atomic E-state index is 6.17. The van der Waals surface area contributed by atoms with Gasteiger partial charge in [-0.3, -0.25) is 0 Å². The molecule has 1 heterocycles. The van der Waals surface area contributed by atoms with E-state index in [1.54, 1.807) is 0 Å². The van der Waals surface area contributed by atoms with Gasteiger partial charge in [-0.2, -0.15) is 0 Å². The number of hydrogen-bond acceptors (Lipinski definition) is 3. The molecule has 2 unspecified atom stereocenters. The minimum Gasteiger partial charge on any atom is -0.373 e. The highest BCUT2D eigenvalue weighted by Gasteiger charge is 2.27. The van der Waals surface area contributed by atoms with Crippen molar-refractivity contribution in [1.82, 2.24) is 15.5 Å². The summed E-state index contributed by atoms with van der Waals surface area (Å²) < 4.78 is 6.17. The predicted molar refractivity (Wildman–Crippen MR) is 145 cm³/mol. The third kappa shape index (κ3) is 8.37. The number of hydrogen-bond donors (Lipinski definition) is 2. The van der Waals surface area contributed by atoms with E-state index in [1.165, 1.54) is 22.3 Å². The minimum absolute atomic E-state index is 0. The molecule has 2 atom stereocenters. The van der Waals surface area contributed by atoms with E-state index in [-0.39, 0.29) is 30.1 Å². The number of ether oxygens (including phenoxy) is 1. The number of halogens is 1. The van der Waals surface area contributed by atoms with Gasteiger partial charge in [-0.15, -0.1) is 24.0 Å². The number of benzene rings is 2. The quantitative estimate of drug-likeness (QED) is 0.279. The number of guanidine groups is 1. The van der Waals surface area contributed by atoms with E-state index in [2.05, 4.69) is 92.0 Å². The van der Waals surface area contributed by atoms with Crippen molar-refractivity contribution in [3.05, 3.63) is 70.8 Å². The van der Waals surface area contributed by atoms with Crippen molar-refractivity contribution in [1.29, 1.82) is 0 Å². The normalized spacial score (nSPS) is 18.8. The van der Waals surface area contributed by atoms with Crippen molar-refractivity contribution >= 4 is 29.9 Å². The first-order valence-electron chi connectivity index (χ1n) is 11.5. The zero-order valence-electron chi connectivity index (χ0n) is 19.9. The van der Waals surface area contributed by atoms with Gasteiger partial charge in [-0.25, -0.2) is 4.99 Å². The highest BCUT2D eigenvalue weighted by Crippen LogP contribution is 2.33. The van der Waals surface area contributed by atoms with Crippen LogP contribution in [-0.2, 0) is 17.8 Å². The van der Waals surface area contributed by atoms with Crippen molar-refractivity contribution in [2.75, 3.05) is 33.8 Å². The monoisotopic (exact) mass is 550 g/mol. The molecule has 1 aliphatic rings. The van der Waals surface area contributed by atoms with E-state index < -0.39 is 0 Å². The van der Waals surface area contributed by atoms with E-state index in [9.17, 15) is 0 Å². The second-order valence-corrected chi connectivity index (χ2v) is 8.73. The zero-order chi connectivity index (χ0) is 22.1. The van der Waals surface area contributed by atoms with Gasteiger partial charge >= 0.3 is 0 Å². The van der Waals surface area contributed by atoms with Gasteiger partial charge in [0.15, 0.2) is 5.96 Å². The Labute approximate surface area is 211 Å². The van der Waals surface area contributed by atoms with Crippen molar-refractivity contribution < 1.29 is 4.74 Å². The van der Waals surface area contributed by atoms with E-state index in [0.717, 1.165) is 45.0 Å². The SMILES string of the molecule is CCNC(=NCc1ccc(CN(C)C)cc1)NCC1CCCOC1c1ccc(C)cc1.I. The largest absolute Gasteiger partial charge is 0.373 e. The van der Waals surface area contributed by atoms with Gasteiger partial charge in [0.25, 0.3) is 0 Å². The lowest BCUT2D eigenvalue weighted by Crippen LogP contribution is -2.42. The Morgan fingerprint density at radius 2 is 1.72 bits per heavy atom. The van der Waals surface area contributed by atoms with Crippen LogP contribution in [0.4, 0.5) is 0 Å². The molecule has 1 aliphatic heterocycles. The van der Waals surface area contributed by atoms with Crippen LogP contribution in [0.5, 0.6) is 0 Å². The molecule has 1 saturated heterocycles. The van der Waals surface area contributed by atoms with Crippen LogP contribution < -0.4 is 10.6 Å². The smallest absolute Gasteiger partial charge is 0.191 e. The molecule has 0 radical (unpaired) electrons. The summed E-state index contributed by atoms with van der Waals surface area (Å²) in [4.78, 5) is 6.99. The Bertz CT molecular complexity index is 821. The average molecular weight is 551 g/mol. The van der Waals surface area contributed by atoms with E-state index >= 15 is 0 Å². The maximum atomic E-state index is 6.17. The molecule has 0 spiro atoms. The zero-order valence-corrected chi connectivity index (χ0v) is 22.3. The predicted octanol–water partition coefficient (Wildman–Crippen LogP) is 4.90. The fraction of sp³-hybridized carbons (Fsp3) is 0.500. The molecular weight excluding hydrogens is 511 g/mol. The molecule has 0 bridgehead atoms. The van der Waals surface area contributed by atoms with Crippen LogP contribution in [0.1, 0.15) is 48.1 Å². The number of aryl methyl sites for hydroxylation is 1. The molecule has 2 N–H and O–H groups in total. The Hall–Kier alpha value is -1.64. The first kappa shape index (κ1) is 26.6. The summed E-state index contributed by atoms with van der Waals surface area (Å²) in [6, 6.07) is 17.5. The highest BCUT2D eigenvalue weighted by atomic mass is 127. The third-order valence-electron chi connectivity index (χ3n) is 5.67. The number of nitrogens with one attached hydrogen (secondary N) is 2. The van der Waals surface area contributed by atoms with Crippen LogP contribution in [0, 0.1) is 12.8 Å². The summed E-state index contributed by atoms with van der Waals surface area (Å²) in [6.07, 6.45) is 2.42. The molecule has 0 saturated carbocycles. The van der Waals surface area contributed by atoms with Crippen molar-refractivity contribution in [3.8, 4) is 0 Å². The molecule has 3 rings (SSSR count). The minimum atomic E-state index is 0. The van der Waals surface area contributed by atoms with Gasteiger partial charge in [0.1, 0.15) is 0 Å². The lowest BCUT2D eigenvalue weighted by atomic mass is 9.89. The second kappa shape index (κ2) is 13.8. The fourth-order valence-corrected chi connectivity index (χ4v) is 4.03. The maximum Gasteiger partial charge on any atom is 0.191 e. The molecular formula is C26H39IN4O. The third-order valence-corrected chi connectivity index (χ3v) is 5.67. The summed E-state index contributed by atoms with van der Waals surface area (Å²) in [7, 11) is 4.18. The molecule has 0 aliphatic carbocycles. The van der Waals surface area contributed by atoms with Crippen molar-refractivity contribution in [2.24, 2.45) is 10.9 Å². The molecule has 32 heavy (non-hydrogen) atoms. The lowest BCUT2D eigenvalue weighted by molar-refractivity contribution is -0.0265. The summed E-state index contributed by atoms with van der Waals surface area (Å²) in [5.41, 5.74) is 5.10. The van der Waals surface area contributed by atoms with Gasteiger partial charge in [0, 0.05) is 32.2 Å². The Balaban J connectivity index is 0.00000363. The Morgan fingerprint density at radius 3 is 2.38 bits per heavy atom. The fourth-order valence-electron chi connectivity index (χ4n) is 4.03. The van der Waals surface area contributed by atoms with Crippen LogP contribution >= 0.6 is 24.0 Å². The Kier molecular flexibility index (Phi) is 11.5. The average Bonchev–Trinajstić information content (AvgIpc) is 2.77. The van der Waals surface area contributed by atoms with E-state index in [1.807, 2.05) is 0 Å². The van der Waals surface area contributed by atoms with Crippen molar-refractivity contribution in [2.45, 2.75) is 45.9 Å². The first-order chi connectivity index (χ1) is 15.0. The molecule has 0 aromatic heterocycles. The molecule has 5 nitrogen and oxygen atoms in total. The second-order valence-electron chi connectivity index (χ2n) is 8.73. The summed E-state index contributed by atoms with van der Waals surface area (Å²) in [5, 5.41) is 6.94. The molecule has 0 amide bonds. The highest BCUT2D eigenvalue weighted by molar-refractivity contribution is 14.0. The van der Waals surface area contributed by atoms with Crippen LogP contribution in [-0.4, -0.2) is 44.7 Å². The van der Waals surface area contributed by atoms with Gasteiger partial charge in [0.05, 0.1) is 12.6 Å². The van der Waals surface area contributed by atoms with Gasteiger partial charge < -0.3 is 20.3 Å². The van der Waals surface area contributed by atoms with E-state index in [4.69, 9.17) is 9.73 Å². The van der Waals surface area contributed by atoms with Crippen LogP contribution in [0.15, 0.2) is 53.5 Å². The molecule has 1 fully saturated rings. The van der Waals surface area contributed by atoms with Crippen LogP contribution in [0.2, 0.25) is 0 Å².